The van der Waals surface area contributed by atoms with Crippen molar-refractivity contribution in [2.45, 2.75) is 19.3 Å². The number of carbonyl (C=O) groups is 1. The van der Waals surface area contributed by atoms with Crippen LogP contribution in [0.1, 0.15) is 19.3 Å². The monoisotopic (exact) mass is 371 g/mol. The number of nitrogens with zero attached hydrogens (tertiary/aromatic N) is 1. The molecule has 0 spiro atoms. The average molecular weight is 372 g/mol. The van der Waals surface area contributed by atoms with E-state index in [4.69, 9.17) is 0 Å². The van der Waals surface area contributed by atoms with E-state index < -0.39 is 0 Å². The molecule has 26 heavy (non-hydrogen) atoms. The number of rotatable bonds is 4. The second-order valence-corrected chi connectivity index (χ2v) is 7.31. The SMILES string of the molecule is Cl.O=C(NCC12CCN(CC1)CC2)Nc1ccccc1-c1ccccc1. The lowest BCUT2D eigenvalue weighted by molar-refractivity contribution is 0.0288. The summed E-state index contributed by atoms with van der Waals surface area (Å²) in [6.45, 7) is 4.32. The van der Waals surface area contributed by atoms with Crippen molar-refractivity contribution in [3.8, 4) is 11.1 Å². The van der Waals surface area contributed by atoms with Crippen molar-refractivity contribution in [3.63, 3.8) is 0 Å². The lowest BCUT2D eigenvalue weighted by Crippen LogP contribution is -2.53. The molecule has 3 aliphatic rings. The van der Waals surface area contributed by atoms with Crippen LogP contribution in [0.5, 0.6) is 0 Å². The van der Waals surface area contributed by atoms with Crippen molar-refractivity contribution >= 4 is 24.1 Å². The first-order valence-corrected chi connectivity index (χ1v) is 9.16. The molecule has 5 heteroatoms. The number of anilines is 1. The predicted molar refractivity (Wildman–Crippen MR) is 109 cm³/mol. The Morgan fingerprint density at radius 1 is 0.923 bits per heavy atom. The minimum Gasteiger partial charge on any atom is -0.337 e. The standard InChI is InChI=1S/C21H25N3O.ClH/c25-20(22-16-21-10-13-24(14-11-21)15-12-21)23-19-9-5-4-8-18(19)17-6-2-1-3-7-17;/h1-9H,10-16H2,(H2,22,23,25);1H. The van der Waals surface area contributed by atoms with E-state index >= 15 is 0 Å². The van der Waals surface area contributed by atoms with E-state index in [2.05, 4.69) is 27.7 Å². The third kappa shape index (κ3) is 4.02. The second kappa shape index (κ2) is 8.11. The number of urea groups is 1. The van der Waals surface area contributed by atoms with E-state index in [-0.39, 0.29) is 18.4 Å². The molecule has 2 N–H and O–H groups in total. The minimum atomic E-state index is -0.106. The molecule has 138 valence electrons. The van der Waals surface area contributed by atoms with Crippen LogP contribution in [0.25, 0.3) is 11.1 Å². The molecule has 0 aliphatic carbocycles. The van der Waals surface area contributed by atoms with E-state index in [0.717, 1.165) is 23.4 Å². The highest BCUT2D eigenvalue weighted by atomic mass is 35.5. The molecular weight excluding hydrogens is 346 g/mol. The van der Waals surface area contributed by atoms with Crippen molar-refractivity contribution in [3.05, 3.63) is 54.6 Å². The topological polar surface area (TPSA) is 44.4 Å². The van der Waals surface area contributed by atoms with Gasteiger partial charge in [0.15, 0.2) is 0 Å². The van der Waals surface area contributed by atoms with Crippen molar-refractivity contribution < 1.29 is 4.79 Å². The summed E-state index contributed by atoms with van der Waals surface area (Å²) in [7, 11) is 0. The van der Waals surface area contributed by atoms with Crippen molar-refractivity contribution in [1.82, 2.24) is 10.2 Å². The Hall–Kier alpha value is -2.04. The number of piperidine rings is 3. The second-order valence-electron chi connectivity index (χ2n) is 7.31. The molecule has 2 aromatic rings. The van der Waals surface area contributed by atoms with Crippen LogP contribution in [0.4, 0.5) is 10.5 Å². The zero-order valence-electron chi connectivity index (χ0n) is 14.9. The average Bonchev–Trinajstić information content (AvgIpc) is 2.69. The summed E-state index contributed by atoms with van der Waals surface area (Å²) in [5.74, 6) is 0. The molecule has 0 saturated carbocycles. The van der Waals surface area contributed by atoms with E-state index in [1.165, 1.54) is 38.9 Å². The van der Waals surface area contributed by atoms with Crippen molar-refractivity contribution in [2.24, 2.45) is 5.41 Å². The highest BCUT2D eigenvalue weighted by molar-refractivity contribution is 5.94. The number of para-hydroxylation sites is 1. The zero-order chi connectivity index (χ0) is 17.1. The van der Waals surface area contributed by atoms with Crippen molar-refractivity contribution in [2.75, 3.05) is 31.5 Å². The molecule has 2 aromatic carbocycles. The molecule has 0 atom stereocenters. The van der Waals surface area contributed by atoms with E-state index in [9.17, 15) is 4.79 Å². The largest absolute Gasteiger partial charge is 0.337 e. The first-order valence-electron chi connectivity index (χ1n) is 9.16. The first-order chi connectivity index (χ1) is 12.2. The summed E-state index contributed by atoms with van der Waals surface area (Å²) in [5, 5.41) is 6.17. The number of fused-ring (bicyclic) bond motifs is 3. The summed E-state index contributed by atoms with van der Waals surface area (Å²) in [5.41, 5.74) is 3.31. The third-order valence-corrected chi connectivity index (χ3v) is 5.76. The molecule has 2 amide bonds. The van der Waals surface area contributed by atoms with Crippen molar-refractivity contribution in [1.29, 1.82) is 0 Å². The lowest BCUT2D eigenvalue weighted by Gasteiger charge is -2.48. The van der Waals surface area contributed by atoms with Gasteiger partial charge in [0.2, 0.25) is 0 Å². The van der Waals surface area contributed by atoms with Gasteiger partial charge in [0.05, 0.1) is 5.69 Å². The molecule has 3 aliphatic heterocycles. The summed E-state index contributed by atoms with van der Waals surface area (Å²) < 4.78 is 0. The van der Waals surface area contributed by atoms with Crippen LogP contribution < -0.4 is 10.6 Å². The molecule has 3 heterocycles. The molecular formula is C21H26ClN3O. The maximum atomic E-state index is 12.5. The molecule has 0 aromatic heterocycles. The Morgan fingerprint density at radius 2 is 1.54 bits per heavy atom. The smallest absolute Gasteiger partial charge is 0.319 e. The number of carbonyl (C=O) groups excluding carboxylic acids is 1. The lowest BCUT2D eigenvalue weighted by atomic mass is 9.72. The minimum absolute atomic E-state index is 0. The van der Waals surface area contributed by atoms with Crippen LogP contribution in [0.15, 0.2) is 54.6 Å². The van der Waals surface area contributed by atoms with Gasteiger partial charge in [-0.25, -0.2) is 4.79 Å². The van der Waals surface area contributed by atoms with Gasteiger partial charge in [-0.3, -0.25) is 0 Å². The molecule has 0 unspecified atom stereocenters. The number of nitrogens with one attached hydrogen (secondary N) is 2. The Bertz CT molecular complexity index is 728. The van der Waals surface area contributed by atoms with Gasteiger partial charge in [0, 0.05) is 12.1 Å². The highest BCUT2D eigenvalue weighted by Crippen LogP contribution is 2.39. The summed E-state index contributed by atoms with van der Waals surface area (Å²) in [6.07, 6.45) is 3.61. The van der Waals surface area contributed by atoms with Gasteiger partial charge < -0.3 is 15.5 Å². The van der Waals surface area contributed by atoms with E-state index in [0.29, 0.717) is 5.41 Å². The Balaban J connectivity index is 0.00000196. The molecule has 2 bridgehead atoms. The Kier molecular flexibility index (Phi) is 5.84. The summed E-state index contributed by atoms with van der Waals surface area (Å²) in [6, 6.07) is 18.0. The van der Waals surface area contributed by atoms with Gasteiger partial charge in [0.1, 0.15) is 0 Å². The quantitative estimate of drug-likeness (QED) is 0.837. The third-order valence-electron chi connectivity index (χ3n) is 5.76. The van der Waals surface area contributed by atoms with Gasteiger partial charge >= 0.3 is 6.03 Å². The fourth-order valence-electron chi connectivity index (χ4n) is 4.06. The fourth-order valence-corrected chi connectivity index (χ4v) is 4.06. The molecule has 5 rings (SSSR count). The Labute approximate surface area is 161 Å². The summed E-state index contributed by atoms with van der Waals surface area (Å²) >= 11 is 0. The van der Waals surface area contributed by atoms with Gasteiger partial charge in [0.25, 0.3) is 0 Å². The predicted octanol–water partition coefficient (Wildman–Crippen LogP) is 4.38. The first kappa shape index (κ1) is 18.7. The molecule has 3 fully saturated rings. The maximum Gasteiger partial charge on any atom is 0.319 e. The Morgan fingerprint density at radius 3 is 2.23 bits per heavy atom. The number of amides is 2. The van der Waals surface area contributed by atoms with Gasteiger partial charge in [-0.2, -0.15) is 0 Å². The number of hydrogen-bond acceptors (Lipinski definition) is 2. The molecule has 0 radical (unpaired) electrons. The van der Waals surface area contributed by atoms with Gasteiger partial charge in [-0.05, 0) is 55.9 Å². The molecule has 4 nitrogen and oxygen atoms in total. The number of halogens is 1. The molecule has 3 saturated heterocycles. The van der Waals surface area contributed by atoms with E-state index in [1.54, 1.807) is 0 Å². The van der Waals surface area contributed by atoms with Crippen LogP contribution in [-0.4, -0.2) is 37.1 Å². The van der Waals surface area contributed by atoms with E-state index in [1.807, 2.05) is 42.5 Å². The number of benzene rings is 2. The highest BCUT2D eigenvalue weighted by Gasteiger charge is 2.39. The maximum absolute atomic E-state index is 12.5. The van der Waals surface area contributed by atoms with Crippen LogP contribution in [-0.2, 0) is 0 Å². The van der Waals surface area contributed by atoms with Crippen LogP contribution >= 0.6 is 12.4 Å². The van der Waals surface area contributed by atoms with Crippen LogP contribution in [0.2, 0.25) is 0 Å². The normalized spacial score (nSPS) is 23.8. The number of hydrogen-bond donors (Lipinski definition) is 2. The van der Waals surface area contributed by atoms with Gasteiger partial charge in [-0.1, -0.05) is 48.5 Å². The zero-order valence-corrected chi connectivity index (χ0v) is 15.7. The van der Waals surface area contributed by atoms with Gasteiger partial charge in [-0.15, -0.1) is 12.4 Å². The summed E-state index contributed by atoms with van der Waals surface area (Å²) in [4.78, 5) is 15.0. The van der Waals surface area contributed by atoms with Crippen LogP contribution in [0, 0.1) is 5.41 Å². The fraction of sp³-hybridized carbons (Fsp3) is 0.381. The van der Waals surface area contributed by atoms with Crippen LogP contribution in [0.3, 0.4) is 0 Å².